The Kier molecular flexibility index (Phi) is 5.38. The van der Waals surface area contributed by atoms with Gasteiger partial charge in [-0.1, -0.05) is 19.3 Å². The summed E-state index contributed by atoms with van der Waals surface area (Å²) in [7, 11) is 0. The van der Waals surface area contributed by atoms with Gasteiger partial charge >= 0.3 is 5.97 Å². The van der Waals surface area contributed by atoms with E-state index in [1.165, 1.54) is 37.5 Å². The van der Waals surface area contributed by atoms with Crippen LogP contribution in [0.4, 0.5) is 5.69 Å². The van der Waals surface area contributed by atoms with Crippen molar-refractivity contribution in [3.8, 4) is 0 Å². The van der Waals surface area contributed by atoms with Crippen LogP contribution in [0.25, 0.3) is 6.08 Å². The van der Waals surface area contributed by atoms with Crippen LogP contribution in [0.2, 0.25) is 0 Å². The molecule has 1 aliphatic rings. The Morgan fingerprint density at radius 2 is 2.05 bits per heavy atom. The average molecular weight is 307 g/mol. The van der Waals surface area contributed by atoms with Crippen molar-refractivity contribution in [2.24, 2.45) is 0 Å². The van der Waals surface area contributed by atoms with Crippen LogP contribution in [0.1, 0.15) is 37.7 Å². The summed E-state index contributed by atoms with van der Waals surface area (Å²) in [6.45, 7) is 0. The number of carboxylic acid groups (broad SMARTS) is 1. The van der Waals surface area contributed by atoms with Gasteiger partial charge in [0.1, 0.15) is 0 Å². The molecule has 0 unspecified atom stereocenters. The van der Waals surface area contributed by atoms with Gasteiger partial charge in [0.2, 0.25) is 0 Å². The number of thioether (sulfide) groups is 1. The standard InChI is InChI=1S/C15H17NO4S/c17-15(18)9-6-11-10-12(16(19)20)7-8-14(11)21-13-4-2-1-3-5-13/h6-10,13H,1-5H2,(H,17,18)/b9-6+. The Hall–Kier alpha value is -1.82. The van der Waals surface area contributed by atoms with Crippen molar-refractivity contribution in [1.82, 2.24) is 0 Å². The zero-order valence-electron chi connectivity index (χ0n) is 11.5. The Bertz CT molecular complexity index is 565. The van der Waals surface area contributed by atoms with Gasteiger partial charge in [-0.15, -0.1) is 11.8 Å². The van der Waals surface area contributed by atoms with Gasteiger partial charge in [-0.2, -0.15) is 0 Å². The van der Waals surface area contributed by atoms with Crippen molar-refractivity contribution in [2.45, 2.75) is 42.2 Å². The molecule has 1 aromatic rings. The van der Waals surface area contributed by atoms with Crippen LogP contribution in [0.5, 0.6) is 0 Å². The normalized spacial score (nSPS) is 16.2. The van der Waals surface area contributed by atoms with Crippen molar-refractivity contribution in [1.29, 1.82) is 0 Å². The number of hydrogen-bond donors (Lipinski definition) is 1. The number of hydrogen-bond acceptors (Lipinski definition) is 4. The molecule has 112 valence electrons. The number of carboxylic acids is 1. The molecule has 1 N–H and O–H groups in total. The molecule has 0 saturated heterocycles. The van der Waals surface area contributed by atoms with E-state index in [1.54, 1.807) is 17.8 Å². The van der Waals surface area contributed by atoms with Crippen LogP contribution in [0.15, 0.2) is 29.2 Å². The number of benzene rings is 1. The highest BCUT2D eigenvalue weighted by atomic mass is 32.2. The summed E-state index contributed by atoms with van der Waals surface area (Å²) in [6.07, 6.45) is 8.43. The van der Waals surface area contributed by atoms with Crippen LogP contribution in [0, 0.1) is 10.1 Å². The fourth-order valence-corrected chi connectivity index (χ4v) is 3.75. The molecule has 0 amide bonds. The highest BCUT2D eigenvalue weighted by Gasteiger charge is 2.17. The molecule has 1 aliphatic carbocycles. The lowest BCUT2D eigenvalue weighted by Gasteiger charge is -2.21. The molecule has 0 radical (unpaired) electrons. The molecule has 6 heteroatoms. The zero-order chi connectivity index (χ0) is 15.2. The summed E-state index contributed by atoms with van der Waals surface area (Å²) in [5, 5.41) is 20.1. The van der Waals surface area contributed by atoms with Crippen LogP contribution < -0.4 is 0 Å². The van der Waals surface area contributed by atoms with E-state index in [0.717, 1.165) is 23.8 Å². The molecule has 21 heavy (non-hydrogen) atoms. The first-order chi connectivity index (χ1) is 10.1. The molecule has 0 spiro atoms. The topological polar surface area (TPSA) is 80.4 Å². The first-order valence-electron chi connectivity index (χ1n) is 6.92. The minimum atomic E-state index is -1.06. The summed E-state index contributed by atoms with van der Waals surface area (Å²) < 4.78 is 0. The Morgan fingerprint density at radius 1 is 1.33 bits per heavy atom. The van der Waals surface area contributed by atoms with E-state index in [1.807, 2.05) is 0 Å². The SMILES string of the molecule is O=C(O)/C=C/c1cc([N+](=O)[O-])ccc1SC1CCCCC1. The first-order valence-corrected chi connectivity index (χ1v) is 7.80. The van der Waals surface area contributed by atoms with Crippen LogP contribution in [-0.2, 0) is 4.79 Å². The number of carbonyl (C=O) groups is 1. The molecule has 2 rings (SSSR count). The van der Waals surface area contributed by atoms with Gasteiger partial charge in [0.25, 0.3) is 5.69 Å². The molecule has 0 aromatic heterocycles. The maximum atomic E-state index is 10.9. The largest absolute Gasteiger partial charge is 0.478 e. The van der Waals surface area contributed by atoms with Crippen LogP contribution in [-0.4, -0.2) is 21.2 Å². The lowest BCUT2D eigenvalue weighted by atomic mass is 10.0. The van der Waals surface area contributed by atoms with Crippen molar-refractivity contribution in [3.05, 3.63) is 40.0 Å². The molecule has 5 nitrogen and oxygen atoms in total. The van der Waals surface area contributed by atoms with E-state index in [2.05, 4.69) is 0 Å². The zero-order valence-corrected chi connectivity index (χ0v) is 12.3. The number of nitro groups is 1. The van der Waals surface area contributed by atoms with Crippen molar-refractivity contribution >= 4 is 29.5 Å². The number of non-ortho nitro benzene ring substituents is 1. The van der Waals surface area contributed by atoms with Crippen molar-refractivity contribution in [2.75, 3.05) is 0 Å². The van der Waals surface area contributed by atoms with E-state index < -0.39 is 10.9 Å². The molecule has 1 fully saturated rings. The minimum Gasteiger partial charge on any atom is -0.478 e. The lowest BCUT2D eigenvalue weighted by Crippen LogP contribution is -2.08. The highest BCUT2D eigenvalue weighted by molar-refractivity contribution is 8.00. The number of aliphatic carboxylic acids is 1. The lowest BCUT2D eigenvalue weighted by molar-refractivity contribution is -0.384. The quantitative estimate of drug-likeness (QED) is 0.503. The summed E-state index contributed by atoms with van der Waals surface area (Å²) in [6, 6.07) is 4.63. The van der Waals surface area contributed by atoms with Gasteiger partial charge in [0.15, 0.2) is 0 Å². The molecule has 0 atom stereocenters. The third-order valence-corrected chi connectivity index (χ3v) is 4.89. The van der Waals surface area contributed by atoms with Crippen LogP contribution >= 0.6 is 11.8 Å². The maximum Gasteiger partial charge on any atom is 0.328 e. The van der Waals surface area contributed by atoms with E-state index in [9.17, 15) is 14.9 Å². The molecule has 0 bridgehead atoms. The second kappa shape index (κ2) is 7.26. The average Bonchev–Trinajstić information content (AvgIpc) is 2.47. The second-order valence-electron chi connectivity index (χ2n) is 5.03. The molecule has 1 aromatic carbocycles. The van der Waals surface area contributed by atoms with Gasteiger partial charge in [-0.25, -0.2) is 4.79 Å². The maximum absolute atomic E-state index is 10.9. The van der Waals surface area contributed by atoms with Gasteiger partial charge in [-0.3, -0.25) is 10.1 Å². The minimum absolute atomic E-state index is 0.0203. The Labute approximate surface area is 127 Å². The molecule has 0 heterocycles. The van der Waals surface area contributed by atoms with E-state index >= 15 is 0 Å². The monoisotopic (exact) mass is 307 g/mol. The predicted octanol–water partition coefficient (Wildman–Crippen LogP) is 4.12. The number of rotatable bonds is 5. The van der Waals surface area contributed by atoms with Crippen LogP contribution in [0.3, 0.4) is 0 Å². The molecular weight excluding hydrogens is 290 g/mol. The highest BCUT2D eigenvalue weighted by Crippen LogP contribution is 2.36. The van der Waals surface area contributed by atoms with Gasteiger partial charge in [0, 0.05) is 28.4 Å². The van der Waals surface area contributed by atoms with E-state index in [4.69, 9.17) is 5.11 Å². The third kappa shape index (κ3) is 4.60. The fourth-order valence-electron chi connectivity index (χ4n) is 2.41. The predicted molar refractivity (Wildman–Crippen MR) is 82.5 cm³/mol. The summed E-state index contributed by atoms with van der Waals surface area (Å²) in [5.74, 6) is -1.06. The second-order valence-corrected chi connectivity index (χ2v) is 6.37. The number of nitro benzene ring substituents is 1. The first kappa shape index (κ1) is 15.6. The van der Waals surface area contributed by atoms with Crippen molar-refractivity contribution < 1.29 is 14.8 Å². The molecule has 1 saturated carbocycles. The van der Waals surface area contributed by atoms with E-state index in [0.29, 0.717) is 10.8 Å². The Morgan fingerprint density at radius 3 is 2.67 bits per heavy atom. The third-order valence-electron chi connectivity index (χ3n) is 3.46. The van der Waals surface area contributed by atoms with Gasteiger partial charge in [0.05, 0.1) is 4.92 Å². The summed E-state index contributed by atoms with van der Waals surface area (Å²) >= 11 is 1.70. The van der Waals surface area contributed by atoms with Gasteiger partial charge < -0.3 is 5.11 Å². The molecular formula is C15H17NO4S. The summed E-state index contributed by atoms with van der Waals surface area (Å²) in [4.78, 5) is 22.0. The smallest absolute Gasteiger partial charge is 0.328 e. The van der Waals surface area contributed by atoms with E-state index in [-0.39, 0.29) is 5.69 Å². The summed E-state index contributed by atoms with van der Waals surface area (Å²) in [5.41, 5.74) is 0.579. The number of nitrogens with zero attached hydrogens (tertiary/aromatic N) is 1. The fraction of sp³-hybridized carbons (Fsp3) is 0.400. The van der Waals surface area contributed by atoms with Gasteiger partial charge in [-0.05, 0) is 30.5 Å². The van der Waals surface area contributed by atoms with Crippen molar-refractivity contribution in [3.63, 3.8) is 0 Å². The Balaban J connectivity index is 2.25. The molecule has 0 aliphatic heterocycles.